The molecule has 1 N–H and O–H groups in total. The molecule has 0 radical (unpaired) electrons. The van der Waals surface area contributed by atoms with Crippen LogP contribution in [0.15, 0.2) is 24.3 Å². The van der Waals surface area contributed by atoms with Gasteiger partial charge in [-0.25, -0.2) is 0 Å². The minimum atomic E-state index is 0.157. The molecule has 0 aliphatic carbocycles. The number of hydrogen-bond donors (Lipinski definition) is 1. The fourth-order valence-electron chi connectivity index (χ4n) is 2.60. The maximum absolute atomic E-state index is 5.94. The summed E-state index contributed by atoms with van der Waals surface area (Å²) in [6, 6.07) is 8.51. The van der Waals surface area contributed by atoms with Gasteiger partial charge in [0.05, 0.1) is 6.10 Å². The predicted octanol–water partition coefficient (Wildman–Crippen LogP) is 3.44. The highest BCUT2D eigenvalue weighted by Crippen LogP contribution is 2.25. The molecule has 1 aliphatic rings. The molecule has 0 spiro atoms. The van der Waals surface area contributed by atoms with Crippen molar-refractivity contribution < 1.29 is 4.74 Å². The number of nitrogens with zero attached hydrogens (tertiary/aromatic N) is 1. The molecule has 1 fully saturated rings. The van der Waals surface area contributed by atoms with Crippen LogP contribution in [0.2, 0.25) is 0 Å². The smallest absolute Gasteiger partial charge is 0.121 e. The molecule has 3 heteroatoms. The van der Waals surface area contributed by atoms with E-state index in [0.717, 1.165) is 31.8 Å². The van der Waals surface area contributed by atoms with E-state index >= 15 is 0 Å². The number of rotatable bonds is 4. The molecule has 3 nitrogen and oxygen atoms in total. The van der Waals surface area contributed by atoms with Crippen molar-refractivity contribution >= 4 is 5.69 Å². The molecule has 1 heterocycles. The van der Waals surface area contributed by atoms with Crippen molar-refractivity contribution in [1.29, 1.82) is 0 Å². The molecular weight excluding hydrogens is 248 g/mol. The van der Waals surface area contributed by atoms with Gasteiger partial charge in [-0.15, -0.1) is 0 Å². The summed E-state index contributed by atoms with van der Waals surface area (Å²) in [6.45, 7) is 12.0. The number of hydrogen-bond acceptors (Lipinski definition) is 3. The van der Waals surface area contributed by atoms with Crippen molar-refractivity contribution in [3.05, 3.63) is 24.3 Å². The monoisotopic (exact) mass is 276 g/mol. The summed E-state index contributed by atoms with van der Waals surface area (Å²) >= 11 is 0. The summed E-state index contributed by atoms with van der Waals surface area (Å²) < 4.78 is 5.94. The third-order valence-corrected chi connectivity index (χ3v) is 3.89. The maximum Gasteiger partial charge on any atom is 0.121 e. The minimum Gasteiger partial charge on any atom is -0.491 e. The molecule has 0 saturated carbocycles. The van der Waals surface area contributed by atoms with E-state index in [4.69, 9.17) is 4.74 Å². The Bertz CT molecular complexity index is 431. The molecule has 1 aromatic rings. The van der Waals surface area contributed by atoms with E-state index in [1.165, 1.54) is 12.1 Å². The van der Waals surface area contributed by atoms with Crippen molar-refractivity contribution in [2.75, 3.05) is 24.5 Å². The fourth-order valence-corrected chi connectivity index (χ4v) is 2.60. The minimum absolute atomic E-state index is 0.157. The van der Waals surface area contributed by atoms with Crippen LogP contribution in [0.5, 0.6) is 5.75 Å². The summed E-state index contributed by atoms with van der Waals surface area (Å²) in [6.07, 6.45) is 2.48. The van der Waals surface area contributed by atoms with Gasteiger partial charge in [0, 0.05) is 30.4 Å². The Hall–Kier alpha value is -1.22. The van der Waals surface area contributed by atoms with E-state index in [1.807, 2.05) is 0 Å². The second-order valence-electron chi connectivity index (χ2n) is 6.42. The molecule has 20 heavy (non-hydrogen) atoms. The highest BCUT2D eigenvalue weighted by molar-refractivity contribution is 5.51. The summed E-state index contributed by atoms with van der Waals surface area (Å²) in [5.74, 6) is 0.979. The average Bonchev–Trinajstić information content (AvgIpc) is 2.60. The normalized spacial score (nSPS) is 20.3. The Morgan fingerprint density at radius 1 is 1.40 bits per heavy atom. The van der Waals surface area contributed by atoms with Gasteiger partial charge in [0.1, 0.15) is 5.75 Å². The van der Waals surface area contributed by atoms with Gasteiger partial charge in [-0.1, -0.05) is 13.0 Å². The predicted molar refractivity (Wildman–Crippen MR) is 85.7 cm³/mol. The van der Waals surface area contributed by atoms with Gasteiger partial charge in [-0.2, -0.15) is 0 Å². The van der Waals surface area contributed by atoms with E-state index < -0.39 is 0 Å². The van der Waals surface area contributed by atoms with Gasteiger partial charge in [0.25, 0.3) is 0 Å². The molecule has 1 atom stereocenters. The first-order valence-corrected chi connectivity index (χ1v) is 7.77. The Kier molecular flexibility index (Phi) is 4.92. The zero-order valence-electron chi connectivity index (χ0n) is 13.3. The lowest BCUT2D eigenvalue weighted by Crippen LogP contribution is -2.46. The van der Waals surface area contributed by atoms with E-state index in [9.17, 15) is 0 Å². The SMILES string of the molecule is CCC(C)Oc1cccc(N2CCCNC(C)(C)C2)c1. The molecule has 0 aromatic heterocycles. The first-order valence-electron chi connectivity index (χ1n) is 7.77. The van der Waals surface area contributed by atoms with E-state index in [0.29, 0.717) is 0 Å². The lowest BCUT2D eigenvalue weighted by Gasteiger charge is -2.31. The molecule has 1 aromatic carbocycles. The Labute approximate surface area is 123 Å². The molecule has 1 unspecified atom stereocenters. The quantitative estimate of drug-likeness (QED) is 0.911. The van der Waals surface area contributed by atoms with Crippen LogP contribution in [0.1, 0.15) is 40.5 Å². The zero-order chi connectivity index (χ0) is 14.6. The maximum atomic E-state index is 5.94. The average molecular weight is 276 g/mol. The van der Waals surface area contributed by atoms with Gasteiger partial charge < -0.3 is 15.0 Å². The molecule has 2 rings (SSSR count). The van der Waals surface area contributed by atoms with Crippen molar-refractivity contribution in [3.8, 4) is 5.75 Å². The first kappa shape index (κ1) is 15.2. The number of benzene rings is 1. The Morgan fingerprint density at radius 2 is 2.20 bits per heavy atom. The highest BCUT2D eigenvalue weighted by Gasteiger charge is 2.24. The van der Waals surface area contributed by atoms with Crippen LogP contribution in [0.4, 0.5) is 5.69 Å². The molecule has 112 valence electrons. The van der Waals surface area contributed by atoms with E-state index in [1.54, 1.807) is 0 Å². The van der Waals surface area contributed by atoms with E-state index in [2.05, 4.69) is 62.2 Å². The summed E-state index contributed by atoms with van der Waals surface area (Å²) in [5, 5.41) is 3.60. The van der Waals surface area contributed by atoms with Crippen molar-refractivity contribution in [3.63, 3.8) is 0 Å². The van der Waals surface area contributed by atoms with Gasteiger partial charge in [-0.05, 0) is 52.3 Å². The second kappa shape index (κ2) is 6.49. The summed E-state index contributed by atoms with van der Waals surface area (Å²) in [7, 11) is 0. The number of ether oxygens (including phenoxy) is 1. The Balaban J connectivity index is 2.13. The third-order valence-electron chi connectivity index (χ3n) is 3.89. The molecule has 1 saturated heterocycles. The standard InChI is InChI=1S/C17H28N2O/c1-5-14(2)20-16-9-6-8-15(12-16)19-11-7-10-18-17(3,4)13-19/h6,8-9,12,14,18H,5,7,10-11,13H2,1-4H3. The fraction of sp³-hybridized carbons (Fsp3) is 0.647. The lowest BCUT2D eigenvalue weighted by molar-refractivity contribution is 0.217. The molecule has 0 bridgehead atoms. The van der Waals surface area contributed by atoms with Gasteiger partial charge >= 0.3 is 0 Å². The van der Waals surface area contributed by atoms with E-state index in [-0.39, 0.29) is 11.6 Å². The van der Waals surface area contributed by atoms with Crippen LogP contribution in [0.25, 0.3) is 0 Å². The van der Waals surface area contributed by atoms with Crippen molar-refractivity contribution in [1.82, 2.24) is 5.32 Å². The number of anilines is 1. The molecule has 1 aliphatic heterocycles. The largest absolute Gasteiger partial charge is 0.491 e. The van der Waals surface area contributed by atoms with Crippen molar-refractivity contribution in [2.24, 2.45) is 0 Å². The third kappa shape index (κ3) is 4.14. The van der Waals surface area contributed by atoms with Crippen LogP contribution < -0.4 is 15.0 Å². The topological polar surface area (TPSA) is 24.5 Å². The van der Waals surface area contributed by atoms with Crippen LogP contribution in [0.3, 0.4) is 0 Å². The van der Waals surface area contributed by atoms with Gasteiger partial charge in [0.2, 0.25) is 0 Å². The van der Waals surface area contributed by atoms with Crippen LogP contribution >= 0.6 is 0 Å². The first-order chi connectivity index (χ1) is 9.50. The van der Waals surface area contributed by atoms with Gasteiger partial charge in [0.15, 0.2) is 0 Å². The highest BCUT2D eigenvalue weighted by atomic mass is 16.5. The summed E-state index contributed by atoms with van der Waals surface area (Å²) in [4.78, 5) is 2.46. The van der Waals surface area contributed by atoms with Crippen molar-refractivity contribution in [2.45, 2.75) is 52.2 Å². The molecular formula is C17H28N2O. The zero-order valence-corrected chi connectivity index (χ0v) is 13.3. The summed E-state index contributed by atoms with van der Waals surface area (Å²) in [5.41, 5.74) is 1.42. The number of nitrogens with one attached hydrogen (secondary N) is 1. The van der Waals surface area contributed by atoms with Crippen LogP contribution in [-0.4, -0.2) is 31.3 Å². The Morgan fingerprint density at radius 3 is 2.95 bits per heavy atom. The molecule has 0 amide bonds. The van der Waals surface area contributed by atoms with Crippen LogP contribution in [-0.2, 0) is 0 Å². The second-order valence-corrected chi connectivity index (χ2v) is 6.42. The van der Waals surface area contributed by atoms with Gasteiger partial charge in [-0.3, -0.25) is 0 Å². The lowest BCUT2D eigenvalue weighted by atomic mass is 10.1. The van der Waals surface area contributed by atoms with Crippen LogP contribution in [0, 0.1) is 0 Å².